The van der Waals surface area contributed by atoms with Crippen LogP contribution in [0.4, 0.5) is 5.69 Å². The van der Waals surface area contributed by atoms with E-state index in [-0.39, 0.29) is 0 Å². The maximum Gasteiger partial charge on any atom is 0.198 e. The maximum absolute atomic E-state index is 8.52. The van der Waals surface area contributed by atoms with E-state index < -0.39 is 0 Å². The summed E-state index contributed by atoms with van der Waals surface area (Å²) in [6.07, 6.45) is 3.44. The SMILES string of the molecule is N#CSc1ccc(NC(=S)n2cccn2)cc1. The van der Waals surface area contributed by atoms with E-state index in [1.807, 2.05) is 29.7 Å². The summed E-state index contributed by atoms with van der Waals surface area (Å²) in [5.74, 6) is 0. The van der Waals surface area contributed by atoms with Crippen LogP contribution in [0.5, 0.6) is 0 Å². The van der Waals surface area contributed by atoms with Crippen molar-refractivity contribution in [3.63, 3.8) is 0 Å². The predicted molar refractivity (Wildman–Crippen MR) is 71.8 cm³/mol. The number of rotatable bonds is 2. The van der Waals surface area contributed by atoms with Crippen molar-refractivity contribution in [3.8, 4) is 5.40 Å². The van der Waals surface area contributed by atoms with Crippen molar-refractivity contribution in [2.24, 2.45) is 0 Å². The normalized spacial score (nSPS) is 9.59. The van der Waals surface area contributed by atoms with Crippen molar-refractivity contribution in [3.05, 3.63) is 42.7 Å². The molecule has 0 saturated heterocycles. The Hall–Kier alpha value is -1.84. The average molecular weight is 260 g/mol. The molecular weight excluding hydrogens is 252 g/mol. The Labute approximate surface area is 108 Å². The number of nitrogens with one attached hydrogen (secondary N) is 1. The standard InChI is InChI=1S/C11H8N4S2/c12-8-17-10-4-2-9(3-5-10)14-11(16)15-7-1-6-13-15/h1-7H,(H,14,16). The first kappa shape index (κ1) is 11.6. The van der Waals surface area contributed by atoms with Gasteiger partial charge in [0.05, 0.1) is 0 Å². The summed E-state index contributed by atoms with van der Waals surface area (Å²) in [6.45, 7) is 0. The van der Waals surface area contributed by atoms with Gasteiger partial charge in [0.25, 0.3) is 0 Å². The third-order valence-electron chi connectivity index (χ3n) is 1.98. The van der Waals surface area contributed by atoms with Gasteiger partial charge in [-0.1, -0.05) is 0 Å². The van der Waals surface area contributed by atoms with Gasteiger partial charge < -0.3 is 5.32 Å². The van der Waals surface area contributed by atoms with Crippen molar-refractivity contribution in [1.29, 1.82) is 5.26 Å². The lowest BCUT2D eigenvalue weighted by Crippen LogP contribution is -2.19. The third kappa shape index (κ3) is 3.06. The van der Waals surface area contributed by atoms with Crippen LogP contribution in [-0.2, 0) is 0 Å². The van der Waals surface area contributed by atoms with Crippen LogP contribution in [0.15, 0.2) is 47.6 Å². The number of thiocarbonyl (C=S) groups is 1. The molecule has 0 aliphatic rings. The van der Waals surface area contributed by atoms with E-state index in [0.717, 1.165) is 22.3 Å². The van der Waals surface area contributed by atoms with Crippen LogP contribution in [0.2, 0.25) is 0 Å². The molecule has 0 fully saturated rings. The fraction of sp³-hybridized carbons (Fsp3) is 0. The summed E-state index contributed by atoms with van der Waals surface area (Å²) in [4.78, 5) is 0.906. The highest BCUT2D eigenvalue weighted by molar-refractivity contribution is 8.03. The van der Waals surface area contributed by atoms with Gasteiger partial charge in [-0.05, 0) is 54.3 Å². The zero-order chi connectivity index (χ0) is 12.1. The first-order chi connectivity index (χ1) is 8.29. The highest BCUT2D eigenvalue weighted by Crippen LogP contribution is 2.18. The topological polar surface area (TPSA) is 53.6 Å². The van der Waals surface area contributed by atoms with Crippen LogP contribution in [0.25, 0.3) is 0 Å². The molecule has 0 unspecified atom stereocenters. The van der Waals surface area contributed by atoms with Crippen molar-refractivity contribution in [1.82, 2.24) is 9.78 Å². The second kappa shape index (κ2) is 5.48. The molecule has 0 aliphatic carbocycles. The number of hydrogen-bond acceptors (Lipinski definition) is 4. The zero-order valence-corrected chi connectivity index (χ0v) is 10.3. The Bertz CT molecular complexity index is 540. The van der Waals surface area contributed by atoms with Crippen LogP contribution < -0.4 is 5.32 Å². The molecule has 4 nitrogen and oxygen atoms in total. The second-order valence-electron chi connectivity index (χ2n) is 3.10. The summed E-state index contributed by atoms with van der Waals surface area (Å²) in [6, 6.07) is 9.27. The Morgan fingerprint density at radius 3 is 2.76 bits per heavy atom. The summed E-state index contributed by atoms with van der Waals surface area (Å²) < 4.78 is 1.58. The Kier molecular flexibility index (Phi) is 3.75. The minimum atomic E-state index is 0.510. The van der Waals surface area contributed by atoms with Crippen molar-refractivity contribution >= 4 is 34.8 Å². The van der Waals surface area contributed by atoms with Crippen molar-refractivity contribution in [2.45, 2.75) is 4.90 Å². The van der Waals surface area contributed by atoms with Crippen LogP contribution in [0.3, 0.4) is 0 Å². The van der Waals surface area contributed by atoms with Gasteiger partial charge in [-0.3, -0.25) is 0 Å². The first-order valence-corrected chi connectivity index (χ1v) is 5.99. The van der Waals surface area contributed by atoms with Gasteiger partial charge in [0, 0.05) is 23.0 Å². The number of anilines is 1. The number of aromatic nitrogens is 2. The van der Waals surface area contributed by atoms with Gasteiger partial charge in [0.2, 0.25) is 0 Å². The van der Waals surface area contributed by atoms with Crippen LogP contribution in [0, 0.1) is 10.7 Å². The minimum absolute atomic E-state index is 0.510. The molecular formula is C11H8N4S2. The van der Waals surface area contributed by atoms with E-state index in [0.29, 0.717) is 5.11 Å². The highest BCUT2D eigenvalue weighted by atomic mass is 32.2. The summed E-state index contributed by atoms with van der Waals surface area (Å²) >= 11 is 6.30. The lowest BCUT2D eigenvalue weighted by molar-refractivity contribution is 0.947. The van der Waals surface area contributed by atoms with Crippen LogP contribution in [-0.4, -0.2) is 14.9 Å². The molecule has 84 valence electrons. The molecule has 0 spiro atoms. The van der Waals surface area contributed by atoms with Gasteiger partial charge in [0.15, 0.2) is 5.11 Å². The Morgan fingerprint density at radius 1 is 1.41 bits per heavy atom. The summed E-state index contributed by atoms with van der Waals surface area (Å²) in [5.41, 5.74) is 0.868. The molecule has 17 heavy (non-hydrogen) atoms. The van der Waals surface area contributed by atoms with Crippen LogP contribution >= 0.6 is 24.0 Å². The minimum Gasteiger partial charge on any atom is -0.331 e. The van der Waals surface area contributed by atoms with Crippen LogP contribution in [0.1, 0.15) is 0 Å². The van der Waals surface area contributed by atoms with Gasteiger partial charge in [-0.15, -0.1) is 0 Å². The largest absolute Gasteiger partial charge is 0.331 e. The molecule has 1 heterocycles. The third-order valence-corrected chi connectivity index (χ3v) is 2.87. The fourth-order valence-corrected chi connectivity index (χ4v) is 1.83. The molecule has 0 atom stereocenters. The zero-order valence-electron chi connectivity index (χ0n) is 8.70. The lowest BCUT2D eigenvalue weighted by Gasteiger charge is -2.07. The number of benzene rings is 1. The van der Waals surface area contributed by atoms with Crippen molar-refractivity contribution in [2.75, 3.05) is 5.32 Å². The first-order valence-electron chi connectivity index (χ1n) is 4.76. The summed E-state index contributed by atoms with van der Waals surface area (Å²) in [5, 5.41) is 18.1. The molecule has 0 amide bonds. The molecule has 0 saturated carbocycles. The number of hydrogen-bond donors (Lipinski definition) is 1. The molecule has 6 heteroatoms. The molecule has 1 N–H and O–H groups in total. The Morgan fingerprint density at radius 2 is 2.18 bits per heavy atom. The quantitative estimate of drug-likeness (QED) is 0.511. The van der Waals surface area contributed by atoms with Gasteiger partial charge in [-0.2, -0.15) is 10.4 Å². The van der Waals surface area contributed by atoms with E-state index in [9.17, 15) is 0 Å². The second-order valence-corrected chi connectivity index (χ2v) is 4.34. The fourth-order valence-electron chi connectivity index (χ4n) is 1.23. The highest BCUT2D eigenvalue weighted by Gasteiger charge is 2.00. The molecule has 0 aliphatic heterocycles. The van der Waals surface area contributed by atoms with Gasteiger partial charge in [-0.25, -0.2) is 4.68 Å². The number of nitriles is 1. The Balaban J connectivity index is 2.05. The smallest absolute Gasteiger partial charge is 0.198 e. The number of nitrogens with zero attached hydrogens (tertiary/aromatic N) is 3. The maximum atomic E-state index is 8.52. The number of thioether (sulfide) groups is 1. The summed E-state index contributed by atoms with van der Waals surface area (Å²) in [7, 11) is 0. The van der Waals surface area contributed by atoms with Gasteiger partial charge in [0.1, 0.15) is 5.40 Å². The lowest BCUT2D eigenvalue weighted by atomic mass is 10.3. The van der Waals surface area contributed by atoms with E-state index in [2.05, 4.69) is 10.4 Å². The molecule has 0 bridgehead atoms. The average Bonchev–Trinajstić information content (AvgIpc) is 2.86. The number of thiocyanates is 1. The van der Waals surface area contributed by atoms with E-state index in [4.69, 9.17) is 17.5 Å². The molecule has 2 aromatic rings. The van der Waals surface area contributed by atoms with Crippen molar-refractivity contribution < 1.29 is 0 Å². The predicted octanol–water partition coefficient (Wildman–Crippen LogP) is 2.70. The van der Waals surface area contributed by atoms with Gasteiger partial charge >= 0.3 is 0 Å². The monoisotopic (exact) mass is 260 g/mol. The van der Waals surface area contributed by atoms with E-state index in [1.54, 1.807) is 23.1 Å². The van der Waals surface area contributed by atoms with E-state index >= 15 is 0 Å². The molecule has 0 radical (unpaired) electrons. The van der Waals surface area contributed by atoms with E-state index in [1.165, 1.54) is 0 Å². The molecule has 2 rings (SSSR count). The molecule has 1 aromatic carbocycles. The molecule has 1 aromatic heterocycles.